The lowest BCUT2D eigenvalue weighted by molar-refractivity contribution is -0.274. The number of aryl methyl sites for hydroxylation is 1. The molecule has 0 radical (unpaired) electrons. The zero-order chi connectivity index (χ0) is 25.3. The third kappa shape index (κ3) is 5.35. The van der Waals surface area contributed by atoms with Crippen LogP contribution in [0.1, 0.15) is 24.1 Å². The highest BCUT2D eigenvalue weighted by atomic mass is 19.4. The Balaban J connectivity index is 1.33. The van der Waals surface area contributed by atoms with Crippen LogP contribution in [0.25, 0.3) is 23.0 Å². The van der Waals surface area contributed by atoms with E-state index in [1.165, 1.54) is 24.3 Å². The van der Waals surface area contributed by atoms with E-state index in [-0.39, 0.29) is 23.6 Å². The minimum atomic E-state index is -4.76. The van der Waals surface area contributed by atoms with E-state index in [0.717, 1.165) is 42.9 Å². The second-order valence-electron chi connectivity index (χ2n) is 8.67. The van der Waals surface area contributed by atoms with Gasteiger partial charge in [0.25, 0.3) is 5.89 Å². The minimum Gasteiger partial charge on any atom is -0.406 e. The number of anilines is 1. The van der Waals surface area contributed by atoms with E-state index in [0.29, 0.717) is 17.8 Å². The fraction of sp³-hybridized carbons (Fsp3) is 0.320. The summed E-state index contributed by atoms with van der Waals surface area (Å²) in [6.45, 7) is 4.08. The highest BCUT2D eigenvalue weighted by Gasteiger charge is 2.31. The molecule has 188 valence electrons. The Morgan fingerprint density at radius 3 is 2.53 bits per heavy atom. The van der Waals surface area contributed by atoms with Crippen LogP contribution in [0.5, 0.6) is 5.75 Å². The highest BCUT2D eigenvalue weighted by molar-refractivity contribution is 5.59. The van der Waals surface area contributed by atoms with Crippen molar-refractivity contribution in [2.75, 3.05) is 18.0 Å². The maximum absolute atomic E-state index is 12.4. The molecule has 0 atom stereocenters. The Kier molecular flexibility index (Phi) is 6.40. The largest absolute Gasteiger partial charge is 0.573 e. The predicted molar refractivity (Wildman–Crippen MR) is 125 cm³/mol. The summed E-state index contributed by atoms with van der Waals surface area (Å²) < 4.78 is 48.3. The second kappa shape index (κ2) is 9.65. The molecular weight excluding hydrogens is 475 g/mol. The SMILES string of the molecule is Cc1cc(-c2nc(-c3ccc(OC(F)(F)F)cc3)no2)nn1Cc1ccccc1N1CCC(O)CC1. The summed E-state index contributed by atoms with van der Waals surface area (Å²) in [5, 5.41) is 18.4. The second-order valence-corrected chi connectivity index (χ2v) is 8.67. The van der Waals surface area contributed by atoms with Gasteiger partial charge in [-0.05, 0) is 61.7 Å². The number of hydrogen-bond acceptors (Lipinski definition) is 7. The Bertz CT molecular complexity index is 1330. The first-order valence-corrected chi connectivity index (χ1v) is 11.5. The number of alkyl halides is 3. The van der Waals surface area contributed by atoms with Crippen LogP contribution in [0.4, 0.5) is 18.9 Å². The van der Waals surface area contributed by atoms with Crippen LogP contribution < -0.4 is 9.64 Å². The maximum Gasteiger partial charge on any atom is 0.573 e. The Morgan fingerprint density at radius 2 is 1.81 bits per heavy atom. The normalized spacial score (nSPS) is 14.9. The average Bonchev–Trinajstić information content (AvgIpc) is 3.47. The van der Waals surface area contributed by atoms with Crippen molar-refractivity contribution in [3.63, 3.8) is 0 Å². The molecule has 0 spiro atoms. The van der Waals surface area contributed by atoms with Crippen molar-refractivity contribution < 1.29 is 27.5 Å². The lowest BCUT2D eigenvalue weighted by Crippen LogP contribution is -2.36. The van der Waals surface area contributed by atoms with Crippen LogP contribution in [-0.2, 0) is 6.54 Å². The molecule has 2 aromatic carbocycles. The van der Waals surface area contributed by atoms with E-state index in [1.807, 2.05) is 29.8 Å². The van der Waals surface area contributed by atoms with Gasteiger partial charge in [0.1, 0.15) is 5.75 Å². The van der Waals surface area contributed by atoms with Gasteiger partial charge in [-0.25, -0.2) is 0 Å². The van der Waals surface area contributed by atoms with Gasteiger partial charge >= 0.3 is 6.36 Å². The molecule has 0 aliphatic carbocycles. The van der Waals surface area contributed by atoms with Gasteiger partial charge in [-0.1, -0.05) is 23.4 Å². The molecule has 4 aromatic rings. The number of rotatable bonds is 6. The summed E-state index contributed by atoms with van der Waals surface area (Å²) in [4.78, 5) is 6.65. The molecule has 1 aliphatic rings. The van der Waals surface area contributed by atoms with Crippen molar-refractivity contribution in [2.45, 2.75) is 38.8 Å². The van der Waals surface area contributed by atoms with Crippen molar-refractivity contribution in [2.24, 2.45) is 0 Å². The number of halogens is 3. The molecule has 36 heavy (non-hydrogen) atoms. The smallest absolute Gasteiger partial charge is 0.406 e. The Hall–Kier alpha value is -3.86. The summed E-state index contributed by atoms with van der Waals surface area (Å²) >= 11 is 0. The number of aliphatic hydroxyl groups excluding tert-OH is 1. The number of benzene rings is 2. The highest BCUT2D eigenvalue weighted by Crippen LogP contribution is 2.28. The molecule has 1 saturated heterocycles. The van der Waals surface area contributed by atoms with Gasteiger partial charge in [0.15, 0.2) is 5.69 Å². The van der Waals surface area contributed by atoms with Gasteiger partial charge in [0.05, 0.1) is 12.6 Å². The van der Waals surface area contributed by atoms with Gasteiger partial charge < -0.3 is 19.3 Å². The summed E-state index contributed by atoms with van der Waals surface area (Å²) in [5.41, 5.74) is 4.12. The van der Waals surface area contributed by atoms with Crippen molar-refractivity contribution >= 4 is 5.69 Å². The number of aromatic nitrogens is 4. The van der Waals surface area contributed by atoms with E-state index < -0.39 is 6.36 Å². The molecule has 0 saturated carbocycles. The summed E-state index contributed by atoms with van der Waals surface area (Å²) in [7, 11) is 0. The van der Waals surface area contributed by atoms with Crippen LogP contribution in [-0.4, -0.2) is 50.6 Å². The molecule has 11 heteroatoms. The van der Waals surface area contributed by atoms with Gasteiger partial charge in [0.2, 0.25) is 5.82 Å². The topological polar surface area (TPSA) is 89.4 Å². The molecule has 0 unspecified atom stereocenters. The zero-order valence-corrected chi connectivity index (χ0v) is 19.4. The molecule has 3 heterocycles. The van der Waals surface area contributed by atoms with Crippen molar-refractivity contribution in [1.29, 1.82) is 0 Å². The Morgan fingerprint density at radius 1 is 1.08 bits per heavy atom. The molecule has 5 rings (SSSR count). The molecule has 0 bridgehead atoms. The minimum absolute atomic E-state index is 0.209. The average molecular weight is 499 g/mol. The van der Waals surface area contributed by atoms with Crippen LogP contribution >= 0.6 is 0 Å². The van der Waals surface area contributed by atoms with Gasteiger partial charge in [-0.3, -0.25) is 4.68 Å². The van der Waals surface area contributed by atoms with Crippen molar-refractivity contribution in [3.8, 4) is 28.7 Å². The number of para-hydroxylation sites is 1. The van der Waals surface area contributed by atoms with E-state index in [9.17, 15) is 18.3 Å². The van der Waals surface area contributed by atoms with Crippen molar-refractivity contribution in [1.82, 2.24) is 19.9 Å². The number of aliphatic hydroxyl groups is 1. The lowest BCUT2D eigenvalue weighted by atomic mass is 10.1. The number of hydrogen-bond donors (Lipinski definition) is 1. The van der Waals surface area contributed by atoms with E-state index >= 15 is 0 Å². The third-order valence-corrected chi connectivity index (χ3v) is 6.09. The van der Waals surface area contributed by atoms with Gasteiger partial charge in [0, 0.05) is 30.0 Å². The van der Waals surface area contributed by atoms with Gasteiger partial charge in [-0.2, -0.15) is 10.1 Å². The monoisotopic (exact) mass is 499 g/mol. The predicted octanol–water partition coefficient (Wildman–Crippen LogP) is 4.82. The number of nitrogens with zero attached hydrogens (tertiary/aromatic N) is 5. The Labute approximate surface area is 204 Å². The molecule has 1 aliphatic heterocycles. The maximum atomic E-state index is 12.4. The first-order chi connectivity index (χ1) is 17.2. The summed E-state index contributed by atoms with van der Waals surface area (Å²) in [6, 6.07) is 15.2. The molecule has 1 N–H and O–H groups in total. The molecule has 2 aromatic heterocycles. The standard InChI is InChI=1S/C25H24F3N5O3/c1-16-14-21(24-29-23(31-36-24)17-6-8-20(9-7-17)35-25(26,27)28)30-33(16)15-18-4-2-3-5-22(18)32-12-10-19(34)11-13-32/h2-9,14,19,34H,10-13,15H2,1H3. The first-order valence-electron chi connectivity index (χ1n) is 11.5. The van der Waals surface area contributed by atoms with Crippen LogP contribution in [0.2, 0.25) is 0 Å². The van der Waals surface area contributed by atoms with E-state index in [1.54, 1.807) is 0 Å². The first kappa shape index (κ1) is 23.9. The molecule has 1 fully saturated rings. The fourth-order valence-corrected chi connectivity index (χ4v) is 4.25. The van der Waals surface area contributed by atoms with E-state index in [2.05, 4.69) is 37.0 Å². The van der Waals surface area contributed by atoms with E-state index in [4.69, 9.17) is 4.52 Å². The van der Waals surface area contributed by atoms with Crippen LogP contribution in [0.3, 0.4) is 0 Å². The summed E-state index contributed by atoms with van der Waals surface area (Å²) in [5.74, 6) is 0.111. The number of piperidine rings is 1. The number of ether oxygens (including phenoxy) is 1. The van der Waals surface area contributed by atoms with Crippen LogP contribution in [0.15, 0.2) is 59.1 Å². The molecular formula is C25H24F3N5O3. The summed E-state index contributed by atoms with van der Waals surface area (Å²) in [6.07, 6.45) is -3.50. The zero-order valence-electron chi connectivity index (χ0n) is 19.4. The van der Waals surface area contributed by atoms with Crippen LogP contribution in [0, 0.1) is 6.92 Å². The lowest BCUT2D eigenvalue weighted by Gasteiger charge is -2.33. The van der Waals surface area contributed by atoms with Gasteiger partial charge in [-0.15, -0.1) is 13.2 Å². The third-order valence-electron chi connectivity index (χ3n) is 6.09. The molecule has 0 amide bonds. The molecule has 8 nitrogen and oxygen atoms in total. The van der Waals surface area contributed by atoms with Crippen molar-refractivity contribution in [3.05, 3.63) is 65.9 Å². The quantitative estimate of drug-likeness (QED) is 0.407. The fourth-order valence-electron chi connectivity index (χ4n) is 4.25.